The van der Waals surface area contributed by atoms with Crippen LogP contribution in [-0.2, 0) is 22.3 Å². The maximum absolute atomic E-state index is 12.6. The molecule has 0 bridgehead atoms. The molecule has 1 N–H and O–H groups in total. The summed E-state index contributed by atoms with van der Waals surface area (Å²) in [5.74, 6) is -1.13. The SMILES string of the molecule is CN(Cc1cccc(C(F)(F)F)c1)C(=O)CCCCC(=O)O. The molecule has 1 aromatic rings. The molecule has 22 heavy (non-hydrogen) atoms. The van der Waals surface area contributed by atoms with Crippen molar-refractivity contribution in [3.8, 4) is 0 Å². The zero-order valence-electron chi connectivity index (χ0n) is 12.2. The van der Waals surface area contributed by atoms with Crippen molar-refractivity contribution in [1.82, 2.24) is 4.90 Å². The summed E-state index contributed by atoms with van der Waals surface area (Å²) in [5.41, 5.74) is -0.344. The number of nitrogens with zero attached hydrogens (tertiary/aromatic N) is 1. The Balaban J connectivity index is 2.52. The Morgan fingerprint density at radius 2 is 1.82 bits per heavy atom. The Hall–Kier alpha value is -2.05. The van der Waals surface area contributed by atoms with Gasteiger partial charge in [0, 0.05) is 26.4 Å². The van der Waals surface area contributed by atoms with E-state index in [1.54, 1.807) is 0 Å². The third-order valence-corrected chi connectivity index (χ3v) is 3.13. The van der Waals surface area contributed by atoms with Crippen LogP contribution in [0.15, 0.2) is 24.3 Å². The highest BCUT2D eigenvalue weighted by Crippen LogP contribution is 2.29. The number of carboxylic acid groups (broad SMARTS) is 1. The minimum absolute atomic E-state index is 0.00459. The molecular weight excluding hydrogens is 299 g/mol. The zero-order valence-corrected chi connectivity index (χ0v) is 12.2. The van der Waals surface area contributed by atoms with Gasteiger partial charge in [-0.3, -0.25) is 9.59 Å². The van der Waals surface area contributed by atoms with Crippen molar-refractivity contribution >= 4 is 11.9 Å². The smallest absolute Gasteiger partial charge is 0.416 e. The highest BCUT2D eigenvalue weighted by molar-refractivity contribution is 5.75. The summed E-state index contributed by atoms with van der Waals surface area (Å²) in [6, 6.07) is 4.85. The standard InChI is InChI=1S/C15H18F3NO3/c1-19(13(20)7-2-3-8-14(21)22)10-11-5-4-6-12(9-11)15(16,17)18/h4-6,9H,2-3,7-8,10H2,1H3,(H,21,22). The van der Waals surface area contributed by atoms with Crippen LogP contribution in [0.25, 0.3) is 0 Å². The Morgan fingerprint density at radius 1 is 1.18 bits per heavy atom. The van der Waals surface area contributed by atoms with Crippen molar-refractivity contribution in [2.75, 3.05) is 7.05 Å². The van der Waals surface area contributed by atoms with E-state index in [9.17, 15) is 22.8 Å². The molecule has 0 unspecified atom stereocenters. The lowest BCUT2D eigenvalue weighted by Crippen LogP contribution is -2.26. The van der Waals surface area contributed by atoms with Crippen LogP contribution in [-0.4, -0.2) is 28.9 Å². The second kappa shape index (κ2) is 7.82. The highest BCUT2D eigenvalue weighted by Gasteiger charge is 2.30. The minimum atomic E-state index is -4.41. The van der Waals surface area contributed by atoms with Crippen LogP contribution >= 0.6 is 0 Å². The zero-order chi connectivity index (χ0) is 16.8. The molecule has 122 valence electrons. The van der Waals surface area contributed by atoms with Gasteiger partial charge in [0.15, 0.2) is 0 Å². The van der Waals surface area contributed by atoms with E-state index in [-0.39, 0.29) is 25.3 Å². The van der Waals surface area contributed by atoms with E-state index < -0.39 is 17.7 Å². The number of carboxylic acids is 1. The van der Waals surface area contributed by atoms with Crippen LogP contribution in [0.3, 0.4) is 0 Å². The van der Waals surface area contributed by atoms with E-state index in [4.69, 9.17) is 5.11 Å². The van der Waals surface area contributed by atoms with E-state index in [2.05, 4.69) is 0 Å². The molecule has 0 radical (unpaired) electrons. The monoisotopic (exact) mass is 317 g/mol. The molecule has 1 amide bonds. The number of rotatable bonds is 7. The largest absolute Gasteiger partial charge is 0.481 e. The van der Waals surface area contributed by atoms with E-state index in [0.29, 0.717) is 18.4 Å². The number of amides is 1. The summed E-state index contributed by atoms with van der Waals surface area (Å²) in [6.07, 6.45) is -3.38. The maximum atomic E-state index is 12.6. The Kier molecular flexibility index (Phi) is 6.39. The first kappa shape index (κ1) is 18.0. The number of aliphatic carboxylic acids is 1. The van der Waals surface area contributed by atoms with E-state index in [1.807, 2.05) is 0 Å². The van der Waals surface area contributed by atoms with Gasteiger partial charge in [0.25, 0.3) is 0 Å². The fraction of sp³-hybridized carbons (Fsp3) is 0.467. The van der Waals surface area contributed by atoms with Gasteiger partial charge in [0.2, 0.25) is 5.91 Å². The van der Waals surface area contributed by atoms with Crippen LogP contribution in [0, 0.1) is 0 Å². The Morgan fingerprint density at radius 3 is 2.41 bits per heavy atom. The number of hydrogen-bond acceptors (Lipinski definition) is 2. The molecule has 0 fully saturated rings. The van der Waals surface area contributed by atoms with Gasteiger partial charge in [-0.15, -0.1) is 0 Å². The van der Waals surface area contributed by atoms with Crippen molar-refractivity contribution in [3.05, 3.63) is 35.4 Å². The third kappa shape index (κ3) is 6.15. The first-order valence-electron chi connectivity index (χ1n) is 6.82. The predicted molar refractivity (Wildman–Crippen MR) is 74.0 cm³/mol. The average Bonchev–Trinajstić information content (AvgIpc) is 2.42. The van der Waals surface area contributed by atoms with E-state index in [0.717, 1.165) is 12.1 Å². The van der Waals surface area contributed by atoms with Crippen molar-refractivity contribution in [1.29, 1.82) is 0 Å². The fourth-order valence-corrected chi connectivity index (χ4v) is 1.95. The van der Waals surface area contributed by atoms with Crippen LogP contribution in [0.4, 0.5) is 13.2 Å². The molecule has 0 heterocycles. The highest BCUT2D eigenvalue weighted by atomic mass is 19.4. The fourth-order valence-electron chi connectivity index (χ4n) is 1.95. The lowest BCUT2D eigenvalue weighted by molar-refractivity contribution is -0.138. The number of halogens is 3. The molecule has 7 heteroatoms. The molecular formula is C15H18F3NO3. The van der Waals surface area contributed by atoms with E-state index in [1.165, 1.54) is 24.1 Å². The second-order valence-corrected chi connectivity index (χ2v) is 5.05. The molecule has 4 nitrogen and oxygen atoms in total. The number of alkyl halides is 3. The molecule has 0 saturated heterocycles. The lowest BCUT2D eigenvalue weighted by Gasteiger charge is -2.18. The van der Waals surface area contributed by atoms with Crippen LogP contribution in [0.2, 0.25) is 0 Å². The van der Waals surface area contributed by atoms with Gasteiger partial charge >= 0.3 is 12.1 Å². The normalized spacial score (nSPS) is 11.3. The van der Waals surface area contributed by atoms with Gasteiger partial charge in [0.05, 0.1) is 5.56 Å². The van der Waals surface area contributed by atoms with Gasteiger partial charge in [-0.25, -0.2) is 0 Å². The Bertz CT molecular complexity index is 529. The second-order valence-electron chi connectivity index (χ2n) is 5.05. The van der Waals surface area contributed by atoms with E-state index >= 15 is 0 Å². The first-order chi connectivity index (χ1) is 10.2. The van der Waals surface area contributed by atoms with Crippen molar-refractivity contribution in [2.24, 2.45) is 0 Å². The number of unbranched alkanes of at least 4 members (excludes halogenated alkanes) is 1. The summed E-state index contributed by atoms with van der Waals surface area (Å²) >= 11 is 0. The number of hydrogen-bond donors (Lipinski definition) is 1. The van der Waals surface area contributed by atoms with Crippen LogP contribution in [0.5, 0.6) is 0 Å². The van der Waals surface area contributed by atoms with Gasteiger partial charge in [0.1, 0.15) is 0 Å². The summed E-state index contributed by atoms with van der Waals surface area (Å²) in [6.45, 7) is 0.0850. The maximum Gasteiger partial charge on any atom is 0.416 e. The van der Waals surface area contributed by atoms with Gasteiger partial charge in [-0.1, -0.05) is 12.1 Å². The van der Waals surface area contributed by atoms with Crippen LogP contribution < -0.4 is 0 Å². The quantitative estimate of drug-likeness (QED) is 0.785. The van der Waals surface area contributed by atoms with Crippen LogP contribution in [0.1, 0.15) is 36.8 Å². The Labute approximate surface area is 126 Å². The predicted octanol–water partition coefficient (Wildman–Crippen LogP) is 3.31. The summed E-state index contributed by atoms with van der Waals surface area (Å²) in [4.78, 5) is 23.5. The van der Waals surface area contributed by atoms with Crippen molar-refractivity contribution in [3.63, 3.8) is 0 Å². The summed E-state index contributed by atoms with van der Waals surface area (Å²) < 4.78 is 37.8. The molecule has 0 aliphatic carbocycles. The number of benzene rings is 1. The topological polar surface area (TPSA) is 57.6 Å². The van der Waals surface area contributed by atoms with Gasteiger partial charge in [-0.2, -0.15) is 13.2 Å². The molecule has 0 atom stereocenters. The number of carbonyl (C=O) groups is 2. The van der Waals surface area contributed by atoms with Gasteiger partial charge in [-0.05, 0) is 30.5 Å². The lowest BCUT2D eigenvalue weighted by atomic mass is 10.1. The average molecular weight is 317 g/mol. The van der Waals surface area contributed by atoms with Crippen molar-refractivity contribution in [2.45, 2.75) is 38.4 Å². The molecule has 0 aromatic heterocycles. The van der Waals surface area contributed by atoms with Gasteiger partial charge < -0.3 is 10.0 Å². The minimum Gasteiger partial charge on any atom is -0.481 e. The summed E-state index contributed by atoms with van der Waals surface area (Å²) in [7, 11) is 1.51. The molecule has 1 rings (SSSR count). The number of carbonyl (C=O) groups excluding carboxylic acids is 1. The molecule has 0 spiro atoms. The molecule has 0 aliphatic heterocycles. The van der Waals surface area contributed by atoms with Crippen molar-refractivity contribution < 1.29 is 27.9 Å². The molecule has 0 saturated carbocycles. The molecule has 1 aromatic carbocycles. The first-order valence-corrected chi connectivity index (χ1v) is 6.82. The summed E-state index contributed by atoms with van der Waals surface area (Å²) in [5, 5.41) is 8.49. The third-order valence-electron chi connectivity index (χ3n) is 3.13. The molecule has 0 aliphatic rings.